The molecule has 2 rings (SSSR count). The van der Waals surface area contributed by atoms with E-state index in [4.69, 9.17) is 5.11 Å². The Balaban J connectivity index is 0.000000171. The summed E-state index contributed by atoms with van der Waals surface area (Å²) in [6, 6.07) is 17.5. The van der Waals surface area contributed by atoms with Crippen LogP contribution in [0.4, 0.5) is 0 Å². The van der Waals surface area contributed by atoms with E-state index in [9.17, 15) is 0 Å². The van der Waals surface area contributed by atoms with Gasteiger partial charge in [-0.1, -0.05) is 42.8 Å². The minimum absolute atomic E-state index is 0.329. The van der Waals surface area contributed by atoms with E-state index in [1.165, 1.54) is 10.5 Å². The van der Waals surface area contributed by atoms with E-state index in [1.54, 1.807) is 12.1 Å². The van der Waals surface area contributed by atoms with Crippen molar-refractivity contribution in [2.45, 2.75) is 18.7 Å². The van der Waals surface area contributed by atoms with E-state index in [1.807, 2.05) is 36.9 Å². The van der Waals surface area contributed by atoms with Crippen molar-refractivity contribution in [3.05, 3.63) is 60.2 Å². The maximum Gasteiger partial charge on any atom is 0.115 e. The molecule has 0 saturated heterocycles. The maximum atomic E-state index is 8.76. The molecule has 0 saturated carbocycles. The normalized spacial score (nSPS) is 9.29. The quantitative estimate of drug-likeness (QED) is 0.787. The molecule has 0 aliphatic carbocycles. The predicted octanol–water partition coefficient (Wildman–Crippen LogP) is 4.50. The molecule has 0 aliphatic rings. The van der Waals surface area contributed by atoms with Gasteiger partial charge in [-0.05, 0) is 36.9 Å². The number of phenolic OH excluding ortho intramolecular Hbond substituents is 1. The van der Waals surface area contributed by atoms with Crippen LogP contribution in [0.3, 0.4) is 0 Å². The number of benzene rings is 2. The molecule has 90 valence electrons. The van der Waals surface area contributed by atoms with Crippen LogP contribution < -0.4 is 0 Å². The number of rotatable bonds is 2. The first-order valence-electron chi connectivity index (χ1n) is 5.66. The van der Waals surface area contributed by atoms with Crippen molar-refractivity contribution in [1.82, 2.24) is 0 Å². The number of hydrogen-bond acceptors (Lipinski definition) is 2. The van der Waals surface area contributed by atoms with Crippen molar-refractivity contribution >= 4 is 11.8 Å². The van der Waals surface area contributed by atoms with Gasteiger partial charge in [-0.15, -0.1) is 11.8 Å². The fourth-order valence-electron chi connectivity index (χ4n) is 1.23. The summed E-state index contributed by atoms with van der Waals surface area (Å²) in [6.07, 6.45) is 0. The zero-order valence-electron chi connectivity index (χ0n) is 10.3. The average Bonchev–Trinajstić information content (AvgIpc) is 2.36. The van der Waals surface area contributed by atoms with Crippen molar-refractivity contribution in [1.29, 1.82) is 0 Å². The SMILES string of the molecule is CCSc1ccccc1.Cc1ccc(O)cc1. The number of thioether (sulfide) groups is 1. The van der Waals surface area contributed by atoms with Crippen LogP contribution in [-0.4, -0.2) is 10.9 Å². The van der Waals surface area contributed by atoms with Crippen molar-refractivity contribution in [3.8, 4) is 5.75 Å². The molecule has 0 aliphatic heterocycles. The van der Waals surface area contributed by atoms with Gasteiger partial charge in [0.25, 0.3) is 0 Å². The van der Waals surface area contributed by atoms with Crippen molar-refractivity contribution < 1.29 is 5.11 Å². The molecule has 0 fully saturated rings. The molecule has 2 aromatic carbocycles. The van der Waals surface area contributed by atoms with Gasteiger partial charge in [0, 0.05) is 4.90 Å². The van der Waals surface area contributed by atoms with Gasteiger partial charge < -0.3 is 5.11 Å². The fourth-order valence-corrected chi connectivity index (χ4v) is 1.91. The maximum absolute atomic E-state index is 8.76. The predicted molar refractivity (Wildman–Crippen MR) is 75.7 cm³/mol. The van der Waals surface area contributed by atoms with E-state index in [2.05, 4.69) is 31.2 Å². The van der Waals surface area contributed by atoms with E-state index >= 15 is 0 Å². The molecule has 0 atom stereocenters. The molecule has 1 nitrogen and oxygen atoms in total. The lowest BCUT2D eigenvalue weighted by molar-refractivity contribution is 0.475. The van der Waals surface area contributed by atoms with Crippen LogP contribution >= 0.6 is 11.8 Å². The molecule has 1 N–H and O–H groups in total. The highest BCUT2D eigenvalue weighted by Crippen LogP contribution is 2.15. The molecule has 0 aromatic heterocycles. The van der Waals surface area contributed by atoms with Crippen LogP contribution in [0.5, 0.6) is 5.75 Å². The lowest BCUT2D eigenvalue weighted by Gasteiger charge is -1.93. The summed E-state index contributed by atoms with van der Waals surface area (Å²) in [5.41, 5.74) is 1.17. The van der Waals surface area contributed by atoms with Gasteiger partial charge in [-0.25, -0.2) is 0 Å². The molecule has 2 aromatic rings. The largest absolute Gasteiger partial charge is 0.508 e. The topological polar surface area (TPSA) is 20.2 Å². The van der Waals surface area contributed by atoms with Crippen molar-refractivity contribution in [2.24, 2.45) is 0 Å². The summed E-state index contributed by atoms with van der Waals surface area (Å²) in [5, 5.41) is 8.76. The zero-order chi connectivity index (χ0) is 12.5. The third-order valence-electron chi connectivity index (χ3n) is 2.09. The third-order valence-corrected chi connectivity index (χ3v) is 2.98. The summed E-state index contributed by atoms with van der Waals surface area (Å²) < 4.78 is 0. The second-order valence-corrected chi connectivity index (χ2v) is 4.92. The van der Waals surface area contributed by atoms with Crippen LogP contribution in [0, 0.1) is 6.92 Å². The van der Waals surface area contributed by atoms with Crippen LogP contribution in [0.2, 0.25) is 0 Å². The highest BCUT2D eigenvalue weighted by molar-refractivity contribution is 7.99. The number of aromatic hydroxyl groups is 1. The molecular weight excluding hydrogens is 228 g/mol. The van der Waals surface area contributed by atoms with Crippen LogP contribution in [0.15, 0.2) is 59.5 Å². The van der Waals surface area contributed by atoms with Crippen molar-refractivity contribution in [3.63, 3.8) is 0 Å². The molecule has 2 heteroatoms. The standard InChI is InChI=1S/C8H10S.C7H8O/c1-2-9-8-6-4-3-5-7-8;1-6-2-4-7(8)5-3-6/h3-7H,2H2,1H3;2-5,8H,1H3. The Kier molecular flexibility index (Phi) is 6.26. The lowest BCUT2D eigenvalue weighted by Crippen LogP contribution is -1.68. The average molecular weight is 246 g/mol. The van der Waals surface area contributed by atoms with Gasteiger partial charge in [0.15, 0.2) is 0 Å². The Morgan fingerprint density at radius 2 is 1.53 bits per heavy atom. The highest BCUT2D eigenvalue weighted by Gasteiger charge is 1.85. The number of hydrogen-bond donors (Lipinski definition) is 1. The molecular formula is C15H18OS. The van der Waals surface area contributed by atoms with Crippen LogP contribution in [-0.2, 0) is 0 Å². The van der Waals surface area contributed by atoms with Gasteiger partial charge in [0.05, 0.1) is 0 Å². The monoisotopic (exact) mass is 246 g/mol. The van der Waals surface area contributed by atoms with E-state index in [0.29, 0.717) is 5.75 Å². The Morgan fingerprint density at radius 1 is 0.941 bits per heavy atom. The van der Waals surface area contributed by atoms with Gasteiger partial charge in [0.2, 0.25) is 0 Å². The van der Waals surface area contributed by atoms with Crippen molar-refractivity contribution in [2.75, 3.05) is 5.75 Å². The number of aryl methyl sites for hydroxylation is 1. The molecule has 0 spiro atoms. The summed E-state index contributed by atoms with van der Waals surface area (Å²) in [7, 11) is 0. The van der Waals surface area contributed by atoms with E-state index in [-0.39, 0.29) is 0 Å². The van der Waals surface area contributed by atoms with Gasteiger partial charge >= 0.3 is 0 Å². The summed E-state index contributed by atoms with van der Waals surface area (Å²) in [6.45, 7) is 4.15. The Labute approximate surface area is 108 Å². The second kappa shape index (κ2) is 7.80. The Hall–Kier alpha value is -1.41. The fraction of sp³-hybridized carbons (Fsp3) is 0.200. The van der Waals surface area contributed by atoms with E-state index in [0.717, 1.165) is 5.75 Å². The van der Waals surface area contributed by atoms with Crippen LogP contribution in [0.1, 0.15) is 12.5 Å². The van der Waals surface area contributed by atoms with Gasteiger partial charge in [0.1, 0.15) is 5.75 Å². The first kappa shape index (κ1) is 13.7. The molecule has 0 bridgehead atoms. The first-order valence-corrected chi connectivity index (χ1v) is 6.64. The molecule has 0 unspecified atom stereocenters. The minimum Gasteiger partial charge on any atom is -0.508 e. The second-order valence-electron chi connectivity index (χ2n) is 3.58. The zero-order valence-corrected chi connectivity index (χ0v) is 11.1. The summed E-state index contributed by atoms with van der Waals surface area (Å²) in [5.74, 6) is 1.49. The number of phenols is 1. The molecule has 0 amide bonds. The minimum atomic E-state index is 0.329. The first-order chi connectivity index (χ1) is 8.22. The molecule has 0 heterocycles. The van der Waals surface area contributed by atoms with Gasteiger partial charge in [-0.3, -0.25) is 0 Å². The molecule has 17 heavy (non-hydrogen) atoms. The highest BCUT2D eigenvalue weighted by atomic mass is 32.2. The Morgan fingerprint density at radius 3 is 2.00 bits per heavy atom. The van der Waals surface area contributed by atoms with E-state index < -0.39 is 0 Å². The Bertz CT molecular complexity index is 388. The summed E-state index contributed by atoms with van der Waals surface area (Å²) >= 11 is 1.88. The van der Waals surface area contributed by atoms with Crippen LogP contribution in [0.25, 0.3) is 0 Å². The molecule has 0 radical (unpaired) electrons. The van der Waals surface area contributed by atoms with Gasteiger partial charge in [-0.2, -0.15) is 0 Å². The smallest absolute Gasteiger partial charge is 0.115 e. The summed E-state index contributed by atoms with van der Waals surface area (Å²) in [4.78, 5) is 1.36. The third kappa shape index (κ3) is 6.03. The lowest BCUT2D eigenvalue weighted by atomic mass is 10.2.